The topological polar surface area (TPSA) is 69.7 Å². The van der Waals surface area contributed by atoms with E-state index in [-0.39, 0.29) is 17.8 Å². The van der Waals surface area contributed by atoms with E-state index in [9.17, 15) is 10.2 Å². The van der Waals surface area contributed by atoms with Crippen molar-refractivity contribution in [1.29, 1.82) is 0 Å². The van der Waals surface area contributed by atoms with Gasteiger partial charge in [-0.05, 0) is 37.1 Å². The molecule has 1 aromatic rings. The number of anilines is 1. The van der Waals surface area contributed by atoms with Crippen molar-refractivity contribution in [3.8, 4) is 5.75 Å². The first-order valence-electron chi connectivity index (χ1n) is 6.58. The number of aliphatic hydroxyl groups is 1. The number of nitrogens with zero attached hydrogens (tertiary/aromatic N) is 1. The quantitative estimate of drug-likeness (QED) is 0.557. The molecule has 4 N–H and O–H groups in total. The lowest BCUT2D eigenvalue weighted by atomic mass is 9.88. The summed E-state index contributed by atoms with van der Waals surface area (Å²) in [6, 6.07) is 5.30. The molecule has 0 aliphatic carbocycles. The Morgan fingerprint density at radius 2 is 2.22 bits per heavy atom. The number of hydrogen-bond acceptors (Lipinski definition) is 4. The van der Waals surface area contributed by atoms with Crippen LogP contribution in [0.4, 0.5) is 5.69 Å². The van der Waals surface area contributed by atoms with E-state index in [1.54, 1.807) is 12.1 Å². The maximum absolute atomic E-state index is 10.1. The van der Waals surface area contributed by atoms with Gasteiger partial charge in [-0.25, -0.2) is 0 Å². The van der Waals surface area contributed by atoms with Crippen molar-refractivity contribution in [3.63, 3.8) is 0 Å². The molecule has 1 heterocycles. The van der Waals surface area contributed by atoms with Gasteiger partial charge in [-0.15, -0.1) is 0 Å². The minimum absolute atomic E-state index is 0.123. The average Bonchev–Trinajstić information content (AvgIpc) is 2.36. The van der Waals surface area contributed by atoms with Crippen LogP contribution in [0.2, 0.25) is 0 Å². The summed E-state index contributed by atoms with van der Waals surface area (Å²) < 4.78 is 0. The lowest BCUT2D eigenvalue weighted by molar-refractivity contribution is 0.0290. The highest BCUT2D eigenvalue weighted by Gasteiger charge is 2.27. The van der Waals surface area contributed by atoms with Crippen LogP contribution in [0, 0.1) is 5.92 Å². The van der Waals surface area contributed by atoms with Crippen molar-refractivity contribution in [2.75, 3.05) is 25.4 Å². The van der Waals surface area contributed by atoms with E-state index in [0.717, 1.165) is 38.0 Å². The van der Waals surface area contributed by atoms with E-state index in [4.69, 9.17) is 5.73 Å². The van der Waals surface area contributed by atoms with Crippen LogP contribution < -0.4 is 5.73 Å². The second-order valence-electron chi connectivity index (χ2n) is 5.11. The van der Waals surface area contributed by atoms with Gasteiger partial charge in [-0.1, -0.05) is 13.0 Å². The summed E-state index contributed by atoms with van der Waals surface area (Å²) in [6.45, 7) is 5.08. The summed E-state index contributed by atoms with van der Waals surface area (Å²) in [4.78, 5) is 2.36. The Morgan fingerprint density at radius 1 is 1.44 bits per heavy atom. The van der Waals surface area contributed by atoms with E-state index in [1.165, 1.54) is 0 Å². The number of nitrogen functional groups attached to an aromatic ring is 1. The standard InChI is InChI=1S/C14H22N2O2/c1-2-16-6-5-13(17)11(9-16)7-10-3-4-14(18)12(15)8-10/h3-4,8,11,13,17-18H,2,5-7,9,15H2,1H3. The molecule has 100 valence electrons. The van der Waals surface area contributed by atoms with Crippen LogP contribution in [0.1, 0.15) is 18.9 Å². The van der Waals surface area contributed by atoms with Crippen molar-refractivity contribution in [1.82, 2.24) is 4.90 Å². The molecule has 0 saturated carbocycles. The van der Waals surface area contributed by atoms with Gasteiger partial charge in [0.05, 0.1) is 11.8 Å². The number of nitrogens with two attached hydrogens (primary N) is 1. The van der Waals surface area contributed by atoms with Crippen LogP contribution in [0.3, 0.4) is 0 Å². The van der Waals surface area contributed by atoms with Crippen LogP contribution in [-0.4, -0.2) is 40.9 Å². The van der Waals surface area contributed by atoms with Gasteiger partial charge in [0.1, 0.15) is 5.75 Å². The molecule has 0 radical (unpaired) electrons. The third-order valence-electron chi connectivity index (χ3n) is 3.81. The SMILES string of the molecule is CCN1CCC(O)C(Cc2ccc(O)c(N)c2)C1. The third-order valence-corrected chi connectivity index (χ3v) is 3.81. The first kappa shape index (κ1) is 13.2. The van der Waals surface area contributed by atoms with E-state index in [2.05, 4.69) is 11.8 Å². The molecule has 1 aliphatic rings. The summed E-state index contributed by atoms with van der Waals surface area (Å²) in [6.07, 6.45) is 1.41. The molecular weight excluding hydrogens is 228 g/mol. The van der Waals surface area contributed by atoms with Crippen molar-refractivity contribution in [3.05, 3.63) is 23.8 Å². The van der Waals surface area contributed by atoms with E-state index >= 15 is 0 Å². The molecule has 4 nitrogen and oxygen atoms in total. The molecule has 2 unspecified atom stereocenters. The minimum Gasteiger partial charge on any atom is -0.506 e. The zero-order valence-electron chi connectivity index (χ0n) is 10.8. The zero-order valence-corrected chi connectivity index (χ0v) is 10.8. The first-order chi connectivity index (χ1) is 8.60. The highest BCUT2D eigenvalue weighted by molar-refractivity contribution is 5.53. The van der Waals surface area contributed by atoms with Gasteiger partial charge in [0.15, 0.2) is 0 Å². The lowest BCUT2D eigenvalue weighted by Gasteiger charge is -2.35. The summed E-state index contributed by atoms with van der Waals surface area (Å²) in [5, 5.41) is 19.5. The number of hydrogen-bond donors (Lipinski definition) is 3. The number of rotatable bonds is 3. The van der Waals surface area contributed by atoms with Crippen molar-refractivity contribution >= 4 is 5.69 Å². The number of aliphatic hydroxyl groups excluding tert-OH is 1. The zero-order chi connectivity index (χ0) is 13.1. The van der Waals surface area contributed by atoms with E-state index in [1.807, 2.05) is 6.07 Å². The highest BCUT2D eigenvalue weighted by Crippen LogP contribution is 2.25. The van der Waals surface area contributed by atoms with Crippen molar-refractivity contribution < 1.29 is 10.2 Å². The van der Waals surface area contributed by atoms with Gasteiger partial charge in [-0.3, -0.25) is 0 Å². The van der Waals surface area contributed by atoms with Gasteiger partial charge in [0.25, 0.3) is 0 Å². The highest BCUT2D eigenvalue weighted by atomic mass is 16.3. The predicted molar refractivity (Wildman–Crippen MR) is 72.5 cm³/mol. The molecule has 18 heavy (non-hydrogen) atoms. The third kappa shape index (κ3) is 2.94. The van der Waals surface area contributed by atoms with Crippen LogP contribution in [0.5, 0.6) is 5.75 Å². The molecule has 1 saturated heterocycles. The molecule has 1 aliphatic heterocycles. The fourth-order valence-corrected chi connectivity index (χ4v) is 2.62. The van der Waals surface area contributed by atoms with Gasteiger partial charge in [0, 0.05) is 19.0 Å². The molecule has 1 fully saturated rings. The van der Waals surface area contributed by atoms with Crippen molar-refractivity contribution in [2.45, 2.75) is 25.9 Å². The summed E-state index contributed by atoms with van der Waals surface area (Å²) >= 11 is 0. The monoisotopic (exact) mass is 250 g/mol. The number of benzene rings is 1. The van der Waals surface area contributed by atoms with Crippen molar-refractivity contribution in [2.24, 2.45) is 5.92 Å². The van der Waals surface area contributed by atoms with Crippen LogP contribution in [-0.2, 0) is 6.42 Å². The van der Waals surface area contributed by atoms with Gasteiger partial charge in [0.2, 0.25) is 0 Å². The normalized spacial score (nSPS) is 25.2. The molecule has 0 bridgehead atoms. The van der Waals surface area contributed by atoms with Gasteiger partial charge >= 0.3 is 0 Å². The largest absolute Gasteiger partial charge is 0.506 e. The Bertz CT molecular complexity index is 409. The number of phenols is 1. The molecule has 0 amide bonds. The molecular formula is C14H22N2O2. The fraction of sp³-hybridized carbons (Fsp3) is 0.571. The Balaban J connectivity index is 2.04. The maximum atomic E-state index is 10.1. The van der Waals surface area contributed by atoms with Crippen LogP contribution >= 0.6 is 0 Å². The summed E-state index contributed by atoms with van der Waals surface area (Å²) in [7, 11) is 0. The average molecular weight is 250 g/mol. The molecule has 1 aromatic carbocycles. The fourth-order valence-electron chi connectivity index (χ4n) is 2.62. The number of aromatic hydroxyl groups is 1. The first-order valence-corrected chi connectivity index (χ1v) is 6.58. The second kappa shape index (κ2) is 5.59. The Kier molecular flexibility index (Phi) is 4.09. The Morgan fingerprint density at radius 3 is 2.89 bits per heavy atom. The number of likely N-dealkylation sites (tertiary alicyclic amines) is 1. The smallest absolute Gasteiger partial charge is 0.138 e. The Labute approximate surface area is 108 Å². The predicted octanol–water partition coefficient (Wildman–Crippen LogP) is 1.22. The molecule has 4 heteroatoms. The lowest BCUT2D eigenvalue weighted by Crippen LogP contribution is -2.43. The second-order valence-corrected chi connectivity index (χ2v) is 5.11. The van der Waals surface area contributed by atoms with Gasteiger partial charge in [-0.2, -0.15) is 0 Å². The summed E-state index contributed by atoms with van der Waals surface area (Å²) in [5.74, 6) is 0.376. The minimum atomic E-state index is -0.233. The van der Waals surface area contributed by atoms with Gasteiger partial charge < -0.3 is 20.8 Å². The van der Waals surface area contributed by atoms with E-state index in [0.29, 0.717) is 5.69 Å². The molecule has 2 atom stereocenters. The van der Waals surface area contributed by atoms with E-state index < -0.39 is 0 Å². The summed E-state index contributed by atoms with van der Waals surface area (Å²) in [5.41, 5.74) is 7.17. The molecule has 2 rings (SSSR count). The Hall–Kier alpha value is -1.26. The number of piperidine rings is 1. The maximum Gasteiger partial charge on any atom is 0.138 e. The van der Waals surface area contributed by atoms with Crippen LogP contribution in [0.25, 0.3) is 0 Å². The molecule has 0 spiro atoms. The number of phenolic OH excluding ortho intramolecular Hbond substituents is 1. The molecule has 0 aromatic heterocycles. The van der Waals surface area contributed by atoms with Crippen LogP contribution in [0.15, 0.2) is 18.2 Å².